The Hall–Kier alpha value is -4.58. The second-order valence-corrected chi connectivity index (χ2v) is 13.0. The maximum absolute atomic E-state index is 12.8. The van der Waals surface area contributed by atoms with Gasteiger partial charge in [-0.3, -0.25) is 4.90 Å². The van der Waals surface area contributed by atoms with Crippen LogP contribution >= 0.6 is 0 Å². The summed E-state index contributed by atoms with van der Waals surface area (Å²) in [5.41, 5.74) is 6.52. The molecule has 0 aliphatic carbocycles. The molecule has 50 heavy (non-hydrogen) atoms. The lowest BCUT2D eigenvalue weighted by atomic mass is 9.98. The van der Waals surface area contributed by atoms with Crippen LogP contribution in [0.2, 0.25) is 0 Å². The van der Waals surface area contributed by atoms with E-state index in [2.05, 4.69) is 21.6 Å². The van der Waals surface area contributed by atoms with E-state index >= 15 is 0 Å². The highest BCUT2D eigenvalue weighted by Gasteiger charge is 2.34. The highest BCUT2D eigenvalue weighted by Crippen LogP contribution is 2.39. The quantitative estimate of drug-likeness (QED) is 0.153. The Labute approximate surface area is 293 Å². The maximum atomic E-state index is 12.8. The van der Waals surface area contributed by atoms with Gasteiger partial charge in [0.05, 0.1) is 32.0 Å². The van der Waals surface area contributed by atoms with E-state index in [1.807, 2.05) is 97.1 Å². The van der Waals surface area contributed by atoms with Crippen molar-refractivity contribution < 1.29 is 34.0 Å². The fraction of sp³-hybridized carbons (Fsp3) is 0.350. The van der Waals surface area contributed by atoms with Gasteiger partial charge in [-0.05, 0) is 51.9 Å². The zero-order chi connectivity index (χ0) is 34.9. The standard InChI is InChI=1S/C40H45N3O7/c1-48-38(46)36(20-27-7-3-2-4-8-27)42-40(47)41-23-29-9-5-10-31(19-29)32-11-6-12-33(21-32)39-49-35(25-43-18-17-34(45)24-43)22-37(50-39)30-15-13-28(26-44)14-16-30/h2-16,19,21,34-37,39,44-45H,17-18,20,22-26H2,1H3,(H2,41,42,47)/t34-,35-,36-,37+,39+/m0/s1. The number of ether oxygens (including phenoxy) is 3. The molecule has 0 saturated carbocycles. The van der Waals surface area contributed by atoms with E-state index in [0.29, 0.717) is 25.9 Å². The van der Waals surface area contributed by atoms with Crippen LogP contribution in [0.1, 0.15) is 53.1 Å². The Bertz CT molecular complexity index is 1720. The molecule has 2 heterocycles. The van der Waals surface area contributed by atoms with Crippen LogP contribution in [0.5, 0.6) is 0 Å². The number of esters is 1. The summed E-state index contributed by atoms with van der Waals surface area (Å²) >= 11 is 0. The molecule has 6 rings (SSSR count). The first-order valence-corrected chi connectivity index (χ1v) is 17.1. The van der Waals surface area contributed by atoms with Gasteiger partial charge in [0, 0.05) is 44.6 Å². The van der Waals surface area contributed by atoms with Crippen molar-refractivity contribution in [3.63, 3.8) is 0 Å². The number of nitrogens with zero attached hydrogens (tertiary/aromatic N) is 1. The van der Waals surface area contributed by atoms with Gasteiger partial charge in [-0.2, -0.15) is 0 Å². The summed E-state index contributed by atoms with van der Waals surface area (Å²) < 4.78 is 18.1. The van der Waals surface area contributed by atoms with Gasteiger partial charge in [0.15, 0.2) is 6.29 Å². The third kappa shape index (κ3) is 9.35. The van der Waals surface area contributed by atoms with Crippen molar-refractivity contribution in [1.29, 1.82) is 0 Å². The molecule has 2 fully saturated rings. The highest BCUT2D eigenvalue weighted by atomic mass is 16.7. The van der Waals surface area contributed by atoms with Crippen LogP contribution in [0.25, 0.3) is 11.1 Å². The second-order valence-electron chi connectivity index (χ2n) is 13.0. The van der Waals surface area contributed by atoms with Crippen LogP contribution < -0.4 is 10.6 Å². The molecule has 4 N–H and O–H groups in total. The monoisotopic (exact) mass is 679 g/mol. The van der Waals surface area contributed by atoms with Crippen molar-refractivity contribution in [2.45, 2.75) is 63.1 Å². The Morgan fingerprint density at radius 1 is 0.880 bits per heavy atom. The Morgan fingerprint density at radius 2 is 1.62 bits per heavy atom. The number of hydrogen-bond donors (Lipinski definition) is 4. The maximum Gasteiger partial charge on any atom is 0.328 e. The molecule has 0 spiro atoms. The van der Waals surface area contributed by atoms with E-state index in [1.54, 1.807) is 0 Å². The number of aliphatic hydroxyl groups excluding tert-OH is 2. The predicted octanol–water partition coefficient (Wildman–Crippen LogP) is 5.04. The molecule has 10 nitrogen and oxygen atoms in total. The molecule has 2 saturated heterocycles. The van der Waals surface area contributed by atoms with Crippen LogP contribution in [-0.2, 0) is 38.6 Å². The summed E-state index contributed by atoms with van der Waals surface area (Å²) in [7, 11) is 1.31. The van der Waals surface area contributed by atoms with Gasteiger partial charge in [-0.15, -0.1) is 0 Å². The van der Waals surface area contributed by atoms with E-state index in [1.165, 1.54) is 7.11 Å². The molecule has 0 bridgehead atoms. The van der Waals surface area contributed by atoms with Crippen molar-refractivity contribution in [2.75, 3.05) is 26.7 Å². The van der Waals surface area contributed by atoms with Crippen LogP contribution in [-0.4, -0.2) is 72.1 Å². The highest BCUT2D eigenvalue weighted by molar-refractivity contribution is 5.83. The molecule has 2 aliphatic rings. The number of aliphatic hydroxyl groups is 2. The molecule has 0 aromatic heterocycles. The van der Waals surface area contributed by atoms with E-state index < -0.39 is 24.3 Å². The van der Waals surface area contributed by atoms with Gasteiger partial charge in [0.2, 0.25) is 0 Å². The van der Waals surface area contributed by atoms with Crippen molar-refractivity contribution in [3.05, 3.63) is 131 Å². The number of carbonyl (C=O) groups excluding carboxylic acids is 2. The zero-order valence-electron chi connectivity index (χ0n) is 28.2. The van der Waals surface area contributed by atoms with Gasteiger partial charge < -0.3 is 35.1 Å². The normalized spacial score (nSPS) is 21.3. The molecule has 0 radical (unpaired) electrons. The number of likely N-dealkylation sites (tertiary alicyclic amines) is 1. The molecule has 10 heteroatoms. The number of hydrogen-bond acceptors (Lipinski definition) is 8. The minimum absolute atomic E-state index is 0.0146. The first kappa shape index (κ1) is 35.3. The molecule has 2 aliphatic heterocycles. The van der Waals surface area contributed by atoms with Crippen LogP contribution in [0, 0.1) is 0 Å². The van der Waals surface area contributed by atoms with E-state index in [0.717, 1.165) is 51.9 Å². The van der Waals surface area contributed by atoms with Crippen molar-refractivity contribution in [1.82, 2.24) is 15.5 Å². The Balaban J connectivity index is 1.13. The van der Waals surface area contributed by atoms with Crippen molar-refractivity contribution in [2.24, 2.45) is 0 Å². The van der Waals surface area contributed by atoms with Gasteiger partial charge >= 0.3 is 12.0 Å². The lowest BCUT2D eigenvalue weighted by Gasteiger charge is -2.38. The number of β-amino-alcohol motifs (C(OH)–C–C–N with tert-alkyl or cyclic N) is 1. The van der Waals surface area contributed by atoms with Crippen molar-refractivity contribution in [3.8, 4) is 11.1 Å². The lowest BCUT2D eigenvalue weighted by Crippen LogP contribution is -2.47. The second kappa shape index (κ2) is 16.9. The van der Waals surface area contributed by atoms with Crippen LogP contribution in [0.4, 0.5) is 4.79 Å². The largest absolute Gasteiger partial charge is 0.467 e. The Kier molecular flexibility index (Phi) is 11.9. The van der Waals surface area contributed by atoms with Crippen LogP contribution in [0.15, 0.2) is 103 Å². The fourth-order valence-electron chi connectivity index (χ4n) is 6.60. The number of benzene rings is 4. The summed E-state index contributed by atoms with van der Waals surface area (Å²) in [6.45, 7) is 2.43. The average Bonchev–Trinajstić information content (AvgIpc) is 3.57. The number of rotatable bonds is 12. The smallest absolute Gasteiger partial charge is 0.328 e. The lowest BCUT2D eigenvalue weighted by molar-refractivity contribution is -0.252. The third-order valence-corrected chi connectivity index (χ3v) is 9.27. The molecule has 262 valence electrons. The summed E-state index contributed by atoms with van der Waals surface area (Å²) in [6.07, 6.45) is 0.558. The third-order valence-electron chi connectivity index (χ3n) is 9.27. The molecule has 5 atom stereocenters. The predicted molar refractivity (Wildman–Crippen MR) is 189 cm³/mol. The van der Waals surface area contributed by atoms with Gasteiger partial charge in [-0.1, -0.05) is 91.0 Å². The molecule has 0 unspecified atom stereocenters. The molecular weight excluding hydrogens is 634 g/mol. The number of urea groups is 1. The first-order valence-electron chi connectivity index (χ1n) is 17.1. The zero-order valence-corrected chi connectivity index (χ0v) is 28.2. The molecule has 4 aromatic rings. The topological polar surface area (TPSA) is 130 Å². The summed E-state index contributed by atoms with van der Waals surface area (Å²) in [6, 6.07) is 32.1. The SMILES string of the molecule is COC(=O)[C@H](Cc1ccccc1)NC(=O)NCc1cccc(-c2cccc([C@@H]3O[C@H](CN4CC[C@H](O)C4)C[C@H](c4ccc(CO)cc4)O3)c2)c1. The van der Waals surface area contributed by atoms with Gasteiger partial charge in [0.1, 0.15) is 6.04 Å². The minimum atomic E-state index is -0.818. The minimum Gasteiger partial charge on any atom is -0.467 e. The molecule has 4 aromatic carbocycles. The number of methoxy groups -OCH3 is 1. The summed E-state index contributed by atoms with van der Waals surface area (Å²) in [4.78, 5) is 27.5. The van der Waals surface area contributed by atoms with E-state index in [4.69, 9.17) is 14.2 Å². The van der Waals surface area contributed by atoms with Gasteiger partial charge in [-0.25, -0.2) is 9.59 Å². The van der Waals surface area contributed by atoms with Crippen LogP contribution in [0.3, 0.4) is 0 Å². The van der Waals surface area contributed by atoms with E-state index in [-0.39, 0.29) is 31.5 Å². The Morgan fingerprint density at radius 3 is 2.34 bits per heavy atom. The van der Waals surface area contributed by atoms with Gasteiger partial charge in [0.25, 0.3) is 0 Å². The molecular formula is C40H45N3O7. The summed E-state index contributed by atoms with van der Waals surface area (Å²) in [5.74, 6) is -0.510. The number of amides is 2. The van der Waals surface area contributed by atoms with Crippen molar-refractivity contribution >= 4 is 12.0 Å². The average molecular weight is 680 g/mol. The number of nitrogens with one attached hydrogen (secondary N) is 2. The number of carbonyl (C=O) groups is 2. The molecule has 2 amide bonds. The van der Waals surface area contributed by atoms with E-state index in [9.17, 15) is 19.8 Å². The fourth-order valence-corrected chi connectivity index (χ4v) is 6.60. The first-order chi connectivity index (χ1) is 24.4. The summed E-state index contributed by atoms with van der Waals surface area (Å²) in [5, 5.41) is 25.3.